The van der Waals surface area contributed by atoms with Crippen LogP contribution in [0.3, 0.4) is 0 Å². The van der Waals surface area contributed by atoms with E-state index in [1.807, 2.05) is 0 Å². The number of nitrogens with zero attached hydrogens (tertiary/aromatic N) is 4. The van der Waals surface area contributed by atoms with E-state index in [9.17, 15) is 19.2 Å². The summed E-state index contributed by atoms with van der Waals surface area (Å²) in [6.07, 6.45) is 1.55. The van der Waals surface area contributed by atoms with Crippen molar-refractivity contribution in [2.45, 2.75) is 150 Å². The number of aliphatic imine (C=N–C) groups is 1. The molecule has 0 spiro atoms. The zero-order valence-corrected chi connectivity index (χ0v) is 35.9. The third-order valence-corrected chi connectivity index (χ3v) is 7.39. The molecule has 0 radical (unpaired) electrons. The molecule has 0 aliphatic rings. The molecular formula is C37H59BrN6O8S. The lowest BCUT2D eigenvalue weighted by Crippen LogP contribution is -2.53. The molecule has 0 fully saturated rings. The van der Waals surface area contributed by atoms with Gasteiger partial charge in [-0.25, -0.2) is 34.0 Å². The molecule has 0 saturated carbocycles. The van der Waals surface area contributed by atoms with Crippen LogP contribution in [0.25, 0.3) is 0 Å². The van der Waals surface area contributed by atoms with Gasteiger partial charge in [-0.3, -0.25) is 10.7 Å². The molecule has 0 aliphatic carbocycles. The van der Waals surface area contributed by atoms with Gasteiger partial charge in [0.1, 0.15) is 28.1 Å². The van der Waals surface area contributed by atoms with Crippen molar-refractivity contribution in [1.29, 1.82) is 5.41 Å². The Morgan fingerprint density at radius 1 is 0.774 bits per heavy atom. The van der Waals surface area contributed by atoms with Crippen LogP contribution in [0.2, 0.25) is 0 Å². The Balaban J connectivity index is 3.43. The number of halogens is 1. The summed E-state index contributed by atoms with van der Waals surface area (Å²) in [5, 5.41) is 13.4. The maximum absolute atomic E-state index is 13.8. The van der Waals surface area contributed by atoms with Crippen molar-refractivity contribution in [3.63, 3.8) is 0 Å². The van der Waals surface area contributed by atoms with E-state index in [0.29, 0.717) is 17.8 Å². The van der Waals surface area contributed by atoms with Crippen LogP contribution >= 0.6 is 27.3 Å². The van der Waals surface area contributed by atoms with Gasteiger partial charge in [-0.15, -0.1) is 16.3 Å². The number of rotatable bonds is 11. The first kappa shape index (κ1) is 47.3. The number of hydrogen-bond donors (Lipinski definition) is 2. The lowest BCUT2D eigenvalue weighted by molar-refractivity contribution is 0.0272. The Bertz CT molecular complexity index is 1490. The maximum atomic E-state index is 13.8. The van der Waals surface area contributed by atoms with Crippen molar-refractivity contribution < 1.29 is 38.1 Å². The molecular weight excluding hydrogens is 768 g/mol. The average Bonchev–Trinajstić information content (AvgIpc) is 3.43. The molecule has 16 heteroatoms. The van der Waals surface area contributed by atoms with Gasteiger partial charge in [0.2, 0.25) is 5.96 Å². The van der Waals surface area contributed by atoms with Gasteiger partial charge in [-0.2, -0.15) is 0 Å². The highest BCUT2D eigenvalue weighted by molar-refractivity contribution is 9.09. The molecule has 14 nitrogen and oxygen atoms in total. The second kappa shape index (κ2) is 21.2. The monoisotopic (exact) mass is 826 g/mol. The summed E-state index contributed by atoms with van der Waals surface area (Å²) in [5.41, 5.74) is -3.17. The van der Waals surface area contributed by atoms with Gasteiger partial charge in [0.05, 0.1) is 0 Å². The molecule has 53 heavy (non-hydrogen) atoms. The van der Waals surface area contributed by atoms with E-state index < -0.39 is 46.8 Å². The van der Waals surface area contributed by atoms with Crippen LogP contribution in [0, 0.1) is 17.3 Å². The maximum Gasteiger partial charge on any atom is 0.437 e. The fourth-order valence-corrected chi connectivity index (χ4v) is 5.16. The van der Waals surface area contributed by atoms with Gasteiger partial charge in [0.15, 0.2) is 10.8 Å². The van der Waals surface area contributed by atoms with Crippen molar-refractivity contribution in [3.8, 4) is 11.8 Å². The smallest absolute Gasteiger partial charge is 0.437 e. The van der Waals surface area contributed by atoms with Gasteiger partial charge in [-0.05, 0) is 108 Å². The molecule has 0 aromatic carbocycles. The first-order chi connectivity index (χ1) is 24.3. The zero-order chi connectivity index (χ0) is 40.6. The standard InChI is InChI=1S/C37H59BrN6O8S/c1-34(2,3)49-30(45)41-28(39)26-25-53-27(40-26)21-17-16-20-24-44(33(48)52-37(10,11)12)29(42-31(46)50-35(4,5)6)43(32(47)51-36(7,8)9)23-19-15-13-14-18-22-38/h25H,13-16,18-20,22-24H2,1-12H3,(H2,39,41,45)/b42-29+. The molecule has 0 aliphatic heterocycles. The summed E-state index contributed by atoms with van der Waals surface area (Å²) in [7, 11) is 0. The molecule has 4 amide bonds. The number of amidine groups is 1. The Hall–Kier alpha value is -3.71. The van der Waals surface area contributed by atoms with Crippen LogP contribution in [0.4, 0.5) is 19.2 Å². The van der Waals surface area contributed by atoms with E-state index in [4.69, 9.17) is 24.4 Å². The van der Waals surface area contributed by atoms with Gasteiger partial charge >= 0.3 is 24.4 Å². The Morgan fingerprint density at radius 3 is 1.77 bits per heavy atom. The average molecular weight is 828 g/mol. The van der Waals surface area contributed by atoms with Gasteiger partial charge < -0.3 is 18.9 Å². The van der Waals surface area contributed by atoms with E-state index in [2.05, 4.69) is 43.1 Å². The number of thiazole rings is 1. The number of hydrogen-bond acceptors (Lipinski definition) is 11. The summed E-state index contributed by atoms with van der Waals surface area (Å²) < 4.78 is 22.2. The van der Waals surface area contributed by atoms with Gasteiger partial charge in [0.25, 0.3) is 0 Å². The third kappa shape index (κ3) is 21.6. The van der Waals surface area contributed by atoms with Crippen LogP contribution < -0.4 is 5.32 Å². The van der Waals surface area contributed by atoms with Crippen LogP contribution in [-0.2, 0) is 18.9 Å². The highest BCUT2D eigenvalue weighted by atomic mass is 79.9. The fraction of sp³-hybridized carbons (Fsp3) is 0.703. The zero-order valence-electron chi connectivity index (χ0n) is 33.5. The minimum atomic E-state index is -0.988. The number of nitrogens with one attached hydrogen (secondary N) is 2. The summed E-state index contributed by atoms with van der Waals surface area (Å²) >= 11 is 4.65. The largest absolute Gasteiger partial charge is 0.444 e. The van der Waals surface area contributed by atoms with E-state index >= 15 is 0 Å². The van der Waals surface area contributed by atoms with Crippen molar-refractivity contribution in [1.82, 2.24) is 20.1 Å². The quantitative estimate of drug-likeness (QED) is 0.0551. The first-order valence-electron chi connectivity index (χ1n) is 17.7. The fourth-order valence-electron chi connectivity index (χ4n) is 4.09. The van der Waals surface area contributed by atoms with E-state index in [-0.39, 0.29) is 37.0 Å². The van der Waals surface area contributed by atoms with E-state index in [1.165, 1.54) is 16.2 Å². The topological polar surface area (TPSA) is 173 Å². The number of aromatic nitrogens is 1. The van der Waals surface area contributed by atoms with Crippen LogP contribution in [-0.4, -0.2) is 91.8 Å². The van der Waals surface area contributed by atoms with Crippen LogP contribution in [0.1, 0.15) is 139 Å². The van der Waals surface area contributed by atoms with Crippen LogP contribution in [0.5, 0.6) is 0 Å². The highest BCUT2D eigenvalue weighted by Gasteiger charge is 2.35. The van der Waals surface area contributed by atoms with Gasteiger partial charge in [-0.1, -0.05) is 41.1 Å². The number of alkyl carbamates (subject to hydrolysis) is 1. The molecule has 0 bridgehead atoms. The van der Waals surface area contributed by atoms with E-state index in [0.717, 1.165) is 35.9 Å². The van der Waals surface area contributed by atoms with Crippen molar-refractivity contribution in [2.24, 2.45) is 4.99 Å². The number of carbonyl (C=O) groups is 4. The Labute approximate surface area is 327 Å². The normalized spacial score (nSPS) is 12.2. The SMILES string of the molecule is CC(C)(C)OC(=O)/N=C(/N(CCCC#Cc1nc(C(=N)NC(=O)OC(C)(C)C)cs1)C(=O)OC(C)(C)C)N(CCCCCCCBr)C(=O)OC(C)(C)C. The second-order valence-electron chi connectivity index (χ2n) is 16.1. The minimum absolute atomic E-state index is 0.0245. The number of amides is 4. The van der Waals surface area contributed by atoms with Crippen molar-refractivity contribution in [3.05, 3.63) is 16.1 Å². The van der Waals surface area contributed by atoms with E-state index in [1.54, 1.807) is 88.5 Å². The van der Waals surface area contributed by atoms with Crippen molar-refractivity contribution in [2.75, 3.05) is 18.4 Å². The number of guanidine groups is 1. The second-order valence-corrected chi connectivity index (χ2v) is 17.7. The lowest BCUT2D eigenvalue weighted by atomic mass is 10.1. The highest BCUT2D eigenvalue weighted by Crippen LogP contribution is 2.19. The molecule has 1 rings (SSSR count). The molecule has 0 unspecified atom stereocenters. The summed E-state index contributed by atoms with van der Waals surface area (Å²) in [6, 6.07) is 0. The Kier molecular flexibility index (Phi) is 19.0. The Morgan fingerprint density at radius 2 is 1.26 bits per heavy atom. The number of alkyl halides is 1. The summed E-state index contributed by atoms with van der Waals surface area (Å²) in [4.78, 5) is 63.7. The predicted molar refractivity (Wildman–Crippen MR) is 211 cm³/mol. The third-order valence-electron chi connectivity index (χ3n) is 6.08. The molecule has 1 aromatic heterocycles. The molecule has 0 atom stereocenters. The van der Waals surface area contributed by atoms with Crippen molar-refractivity contribution >= 4 is 63.4 Å². The summed E-state index contributed by atoms with van der Waals surface area (Å²) in [5.74, 6) is 5.48. The predicted octanol–water partition coefficient (Wildman–Crippen LogP) is 9.24. The minimum Gasteiger partial charge on any atom is -0.444 e. The molecule has 0 saturated heterocycles. The molecule has 298 valence electrons. The number of unbranched alkanes of at least 4 members (excludes halogenated alkanes) is 5. The van der Waals surface area contributed by atoms with Crippen LogP contribution in [0.15, 0.2) is 10.4 Å². The lowest BCUT2D eigenvalue weighted by Gasteiger charge is -2.34. The van der Waals surface area contributed by atoms with Gasteiger partial charge in [0, 0.05) is 30.2 Å². The summed E-state index contributed by atoms with van der Waals surface area (Å²) in [6.45, 7) is 20.6. The number of carbonyl (C=O) groups excluding carboxylic acids is 4. The first-order valence-corrected chi connectivity index (χ1v) is 19.7. The number of ether oxygens (including phenoxy) is 4. The molecule has 1 aromatic rings. The molecule has 2 N–H and O–H groups in total. The molecule has 1 heterocycles.